The van der Waals surface area contributed by atoms with Crippen LogP contribution in [-0.4, -0.2) is 201 Å². The summed E-state index contributed by atoms with van der Waals surface area (Å²) in [6, 6.07) is 9.22. The molecule has 1 aromatic heterocycles. The van der Waals surface area contributed by atoms with Crippen molar-refractivity contribution < 1.29 is 118 Å². The average molecular weight is 1390 g/mol. The summed E-state index contributed by atoms with van der Waals surface area (Å²) in [4.78, 5) is 46.6. The standard InChI is InChI=1S/C57H67N3O27S5/c1-56(14-6-28-88(66,67)68)47(59(17-19-84-22-20-81-3)44-11-9-37-39(52(44)56)29-35(89(69,70)71)31-45(37)91(75,76)77)33-41-54(64)42(55(41)65)34-48-57(2,15-18-83-24-25-86-27-26-85-23-21-82-4)53-40-30-36(90(72,73)74)32-46(92(78,79)80)38(40)8-10-43(53)58(48)16-5-7-51(63)87-60-49(61)12-13-50(60)62/h8-13,29-34,48H,5-7,14-28H2,1-4H3,(H6,64,65,66,67,68,69,70,71,72,73,74,75,76,77,78,79,80)/p+1. The van der Waals surface area contributed by atoms with Crippen LogP contribution in [0.4, 0.5) is 11.4 Å². The number of benzene rings is 4. The molecule has 502 valence electrons. The first-order valence-electron chi connectivity index (χ1n) is 28.2. The van der Waals surface area contributed by atoms with Gasteiger partial charge < -0.3 is 48.4 Å². The van der Waals surface area contributed by atoms with Gasteiger partial charge in [-0.1, -0.05) is 13.0 Å². The Morgan fingerprint density at radius 1 is 0.587 bits per heavy atom. The number of hydrogen-bond acceptors (Lipinski definition) is 23. The van der Waals surface area contributed by atoms with Gasteiger partial charge in [-0.05, 0) is 91.4 Å². The second kappa shape index (κ2) is 28.1. The summed E-state index contributed by atoms with van der Waals surface area (Å²) >= 11 is 0. The van der Waals surface area contributed by atoms with Crippen LogP contribution in [-0.2, 0) is 94.6 Å². The summed E-state index contributed by atoms with van der Waals surface area (Å²) in [5.74, 6) is -3.05. The molecule has 92 heavy (non-hydrogen) atoms. The molecule has 0 aliphatic carbocycles. The predicted molar refractivity (Wildman–Crippen MR) is 328 cm³/mol. The number of rotatable bonds is 33. The van der Waals surface area contributed by atoms with E-state index in [9.17, 15) is 79.9 Å². The van der Waals surface area contributed by atoms with E-state index >= 15 is 9.59 Å². The van der Waals surface area contributed by atoms with Crippen molar-refractivity contribution in [3.8, 4) is 11.8 Å². The molecule has 2 aliphatic rings. The van der Waals surface area contributed by atoms with Crippen LogP contribution in [0.25, 0.3) is 33.7 Å². The summed E-state index contributed by atoms with van der Waals surface area (Å²) < 4.78 is 215. The van der Waals surface area contributed by atoms with Gasteiger partial charge >= 0.3 is 5.97 Å². The Hall–Kier alpha value is -6.65. The number of aromatic nitrogens is 1. The minimum atomic E-state index is -5.27. The van der Waals surface area contributed by atoms with Crippen molar-refractivity contribution in [1.82, 2.24) is 4.73 Å². The second-order valence-electron chi connectivity index (χ2n) is 22.1. The second-order valence-corrected chi connectivity index (χ2v) is 29.3. The number of ether oxygens (including phenoxy) is 6. The molecule has 2 aliphatic heterocycles. The van der Waals surface area contributed by atoms with Crippen molar-refractivity contribution in [2.24, 2.45) is 0 Å². The van der Waals surface area contributed by atoms with Gasteiger partial charge in [0.05, 0.1) is 90.3 Å². The maximum absolute atomic E-state index is 15.1. The Morgan fingerprint density at radius 2 is 1.09 bits per heavy atom. The number of carbonyl (C=O) groups excluding carboxylic acids is 1. The van der Waals surface area contributed by atoms with Crippen molar-refractivity contribution in [3.63, 3.8) is 0 Å². The van der Waals surface area contributed by atoms with Crippen LogP contribution in [0.3, 0.4) is 0 Å². The maximum Gasteiger partial charge on any atom is 0.333 e. The van der Waals surface area contributed by atoms with Crippen LogP contribution < -0.4 is 31.0 Å². The topological polar surface area (TPSA) is 439 Å². The highest BCUT2D eigenvalue weighted by molar-refractivity contribution is 7.87. The van der Waals surface area contributed by atoms with Crippen LogP contribution in [0, 0.1) is 0 Å². The minimum absolute atomic E-state index is 0.00150. The number of fused-ring (bicyclic) bond motifs is 6. The van der Waals surface area contributed by atoms with E-state index in [1.54, 1.807) is 16.4 Å². The van der Waals surface area contributed by atoms with Gasteiger partial charge in [0, 0.05) is 85.5 Å². The lowest BCUT2D eigenvalue weighted by molar-refractivity contribution is -0.441. The third-order valence-corrected chi connectivity index (χ3v) is 20.3. The smallest absolute Gasteiger partial charge is 0.333 e. The molecular formula is C57H68N3O27S5+. The highest BCUT2D eigenvalue weighted by Gasteiger charge is 2.51. The molecule has 30 nitrogen and oxygen atoms in total. The Labute approximate surface area is 527 Å². The van der Waals surface area contributed by atoms with E-state index in [-0.39, 0.29) is 141 Å². The van der Waals surface area contributed by atoms with Gasteiger partial charge in [0.2, 0.25) is 28.3 Å². The molecule has 3 atom stereocenters. The predicted octanol–water partition coefficient (Wildman–Crippen LogP) is 1.41. The first-order chi connectivity index (χ1) is 43.1. The quantitative estimate of drug-likeness (QED) is 0.0174. The Bertz CT molecular complexity index is 4630. The third-order valence-electron chi connectivity index (χ3n) is 16.1. The molecule has 0 bridgehead atoms. The minimum Gasteiger partial charge on any atom is -0.492 e. The van der Waals surface area contributed by atoms with E-state index in [2.05, 4.69) is 0 Å². The highest BCUT2D eigenvalue weighted by atomic mass is 32.2. The van der Waals surface area contributed by atoms with E-state index in [1.165, 1.54) is 57.6 Å². The molecule has 0 spiro atoms. The van der Waals surface area contributed by atoms with Crippen molar-refractivity contribution in [1.29, 1.82) is 0 Å². The summed E-state index contributed by atoms with van der Waals surface area (Å²) in [6.07, 6.45) is 1.23. The molecule has 35 heteroatoms. The van der Waals surface area contributed by atoms with E-state index in [0.717, 1.165) is 24.3 Å². The monoisotopic (exact) mass is 1390 g/mol. The molecule has 3 heterocycles. The molecule has 8 rings (SSSR count). The Morgan fingerprint density at radius 3 is 1.60 bits per heavy atom. The van der Waals surface area contributed by atoms with E-state index in [0.29, 0.717) is 30.1 Å². The molecule has 0 saturated heterocycles. The van der Waals surface area contributed by atoms with Crippen molar-refractivity contribution >= 4 is 107 Å². The van der Waals surface area contributed by atoms with Crippen LogP contribution in [0.1, 0.15) is 57.1 Å². The zero-order valence-electron chi connectivity index (χ0n) is 49.9. The lowest BCUT2D eigenvalue weighted by Gasteiger charge is -2.35. The van der Waals surface area contributed by atoms with Crippen molar-refractivity contribution in [2.75, 3.05) is 104 Å². The highest BCUT2D eigenvalue weighted by Crippen LogP contribution is 2.53. The van der Waals surface area contributed by atoms with Gasteiger partial charge in [-0.15, -0.1) is 4.73 Å². The Kier molecular flexibility index (Phi) is 21.8. The van der Waals surface area contributed by atoms with Gasteiger partial charge in [0.1, 0.15) is 16.4 Å². The largest absolute Gasteiger partial charge is 0.492 e. The van der Waals surface area contributed by atoms with Gasteiger partial charge in [-0.3, -0.25) is 32.4 Å². The molecule has 6 aromatic rings. The summed E-state index contributed by atoms with van der Waals surface area (Å²) in [5.41, 5.74) is -4.32. The van der Waals surface area contributed by atoms with Gasteiger partial charge in [0.25, 0.3) is 50.6 Å². The van der Waals surface area contributed by atoms with E-state index in [4.69, 9.17) is 33.3 Å². The molecule has 0 amide bonds. The van der Waals surface area contributed by atoms with E-state index < -0.39 is 138 Å². The summed E-state index contributed by atoms with van der Waals surface area (Å²) in [5, 5.41) is 18.6. The lowest BCUT2D eigenvalue weighted by Crippen LogP contribution is -2.66. The molecule has 5 aromatic carbocycles. The van der Waals surface area contributed by atoms with E-state index in [1.807, 2.05) is 0 Å². The van der Waals surface area contributed by atoms with Crippen LogP contribution in [0.5, 0.6) is 11.8 Å². The number of nitrogens with zero attached hydrogens (tertiary/aromatic N) is 3. The van der Waals surface area contributed by atoms with Crippen molar-refractivity contribution in [3.05, 3.63) is 103 Å². The number of aromatic hydroxyl groups is 2. The van der Waals surface area contributed by atoms with Gasteiger partial charge in [-0.2, -0.15) is 46.7 Å². The molecule has 0 radical (unpaired) electrons. The third kappa shape index (κ3) is 15.4. The zero-order chi connectivity index (χ0) is 67.5. The average Bonchev–Trinajstić information content (AvgIpc) is 1.53. The number of hydrogen-bond donors (Lipinski definition) is 7. The summed E-state index contributed by atoms with van der Waals surface area (Å²) in [6.45, 7) is 3.99. The van der Waals surface area contributed by atoms with Crippen LogP contribution >= 0.6 is 0 Å². The number of anilines is 1. The molecule has 0 saturated carbocycles. The zero-order valence-corrected chi connectivity index (χ0v) is 54.0. The fraction of sp³-hybridized carbons (Fsp3) is 0.439. The number of carbonyl (C=O) groups is 1. The fourth-order valence-electron chi connectivity index (χ4n) is 11.9. The molecule has 3 unspecified atom stereocenters. The summed E-state index contributed by atoms with van der Waals surface area (Å²) in [7, 11) is -22.7. The van der Waals surface area contributed by atoms with Crippen molar-refractivity contribution in [2.45, 2.75) is 82.4 Å². The van der Waals surface area contributed by atoms with Crippen LogP contribution in [0.15, 0.2) is 89.8 Å². The lowest BCUT2D eigenvalue weighted by atomic mass is 9.73. The molecule has 7 N–H and O–H groups in total. The van der Waals surface area contributed by atoms with Gasteiger partial charge in [0.15, 0.2) is 12.3 Å². The molecular weight excluding hydrogens is 1320 g/mol. The van der Waals surface area contributed by atoms with Gasteiger partial charge in [-0.25, -0.2) is 4.79 Å². The first kappa shape index (κ1) is 71.2. The number of methoxy groups -OCH3 is 2. The maximum atomic E-state index is 15.1. The Balaban J connectivity index is 1.34. The SMILES string of the molecule is COCCOCCOCCOCCC1(C)c2c(ccc3c(S(=O)(=O)O)cc(S(=O)(=O)O)cc23)N(CCCC(=O)On2c(O)ccc2O)C1C=c1c(=O)c(=CC2=[N+](CCOCCOC)c3ccc4c(S(=O)(=O)O)cc(S(=O)(=O)O)cc4c3C2(C)CCCS(=O)(=O)O)c1=O. The first-order valence-corrected chi connectivity index (χ1v) is 35.6. The molecule has 0 fully saturated rings. The van der Waals surface area contributed by atoms with Crippen LogP contribution in [0.2, 0.25) is 0 Å². The normalized spacial score (nSPS) is 17.9. The fourth-order valence-corrected chi connectivity index (χ4v) is 15.0.